The van der Waals surface area contributed by atoms with E-state index in [1.807, 2.05) is 36.6 Å². The average molecular weight is 388 g/mol. The summed E-state index contributed by atoms with van der Waals surface area (Å²) in [4.78, 5) is 7.12. The molecule has 0 atom stereocenters. The van der Waals surface area contributed by atoms with Crippen LogP contribution in [0.5, 0.6) is 0 Å². The van der Waals surface area contributed by atoms with Crippen LogP contribution < -0.4 is 9.62 Å². The Morgan fingerprint density at radius 3 is 2.70 bits per heavy atom. The molecule has 0 amide bonds. The number of hydrogen-bond donors (Lipinski definition) is 1. The molecule has 1 saturated heterocycles. The number of piperidine rings is 1. The molecule has 0 radical (unpaired) electrons. The highest BCUT2D eigenvalue weighted by atomic mass is 32.2. The number of hydrogen-bond acceptors (Lipinski definition) is 5. The second kappa shape index (κ2) is 7.09. The molecule has 4 rings (SSSR count). The van der Waals surface area contributed by atoms with Gasteiger partial charge in [-0.15, -0.1) is 0 Å². The monoisotopic (exact) mass is 387 g/mol. The number of para-hydroxylation sites is 1. The van der Waals surface area contributed by atoms with Crippen molar-refractivity contribution >= 4 is 32.4 Å². The third kappa shape index (κ3) is 3.64. The summed E-state index contributed by atoms with van der Waals surface area (Å²) in [7, 11) is -3.17. The van der Waals surface area contributed by atoms with E-state index in [4.69, 9.17) is 4.98 Å². The summed E-state index contributed by atoms with van der Waals surface area (Å²) in [5, 5.41) is 5.62. The van der Waals surface area contributed by atoms with E-state index >= 15 is 0 Å². The van der Waals surface area contributed by atoms with E-state index in [-0.39, 0.29) is 11.8 Å². The van der Waals surface area contributed by atoms with Gasteiger partial charge in [0, 0.05) is 30.6 Å². The van der Waals surface area contributed by atoms with Gasteiger partial charge in [0.1, 0.15) is 5.82 Å². The first kappa shape index (κ1) is 18.2. The molecule has 3 heterocycles. The number of sulfonamides is 1. The van der Waals surface area contributed by atoms with Crippen LogP contribution in [0.15, 0.2) is 30.3 Å². The zero-order valence-corrected chi connectivity index (χ0v) is 16.5. The standard InChI is InChI=1S/C19H25N5O2S/c1-3-12-27(25,26)22-15-8-10-23(11-9-15)19-16-6-4-5-7-17(16)24-18(20-19)13-14(2)21-24/h4-7,13,15,22H,3,8-12H2,1-2H3. The van der Waals surface area contributed by atoms with E-state index < -0.39 is 10.0 Å². The first-order valence-corrected chi connectivity index (χ1v) is 11.1. The summed E-state index contributed by atoms with van der Waals surface area (Å²) in [6.45, 7) is 5.41. The van der Waals surface area contributed by atoms with Crippen molar-refractivity contribution in [1.29, 1.82) is 0 Å². The van der Waals surface area contributed by atoms with Gasteiger partial charge in [0.25, 0.3) is 0 Å². The summed E-state index contributed by atoms with van der Waals surface area (Å²) in [6.07, 6.45) is 2.19. The molecule has 1 aliphatic heterocycles. The molecule has 3 aromatic rings. The number of benzene rings is 1. The molecule has 27 heavy (non-hydrogen) atoms. The van der Waals surface area contributed by atoms with Crippen molar-refractivity contribution in [3.05, 3.63) is 36.0 Å². The van der Waals surface area contributed by atoms with E-state index in [0.29, 0.717) is 6.42 Å². The fraction of sp³-hybridized carbons (Fsp3) is 0.474. The Hall–Kier alpha value is -2.19. The minimum Gasteiger partial charge on any atom is -0.356 e. The second-order valence-electron chi connectivity index (χ2n) is 7.21. The lowest BCUT2D eigenvalue weighted by Crippen LogP contribution is -2.45. The Kier molecular flexibility index (Phi) is 4.77. The van der Waals surface area contributed by atoms with Crippen LogP contribution in [0.25, 0.3) is 16.6 Å². The molecular weight excluding hydrogens is 362 g/mol. The molecule has 1 N–H and O–H groups in total. The molecule has 144 valence electrons. The van der Waals surface area contributed by atoms with Crippen LogP contribution in [0, 0.1) is 6.92 Å². The number of aryl methyl sites for hydroxylation is 1. The quantitative estimate of drug-likeness (QED) is 0.728. The maximum atomic E-state index is 12.0. The van der Waals surface area contributed by atoms with Crippen molar-refractivity contribution in [3.63, 3.8) is 0 Å². The highest BCUT2D eigenvalue weighted by Gasteiger charge is 2.25. The van der Waals surface area contributed by atoms with Crippen molar-refractivity contribution in [2.45, 2.75) is 39.2 Å². The van der Waals surface area contributed by atoms with Crippen LogP contribution >= 0.6 is 0 Å². The zero-order chi connectivity index (χ0) is 19.0. The maximum Gasteiger partial charge on any atom is 0.211 e. The fourth-order valence-corrected chi connectivity index (χ4v) is 5.19. The molecule has 0 bridgehead atoms. The molecular formula is C19H25N5O2S. The molecule has 0 saturated carbocycles. The molecule has 0 unspecified atom stereocenters. The Balaban J connectivity index is 1.60. The first-order valence-electron chi connectivity index (χ1n) is 9.47. The van der Waals surface area contributed by atoms with E-state index in [0.717, 1.165) is 54.0 Å². The van der Waals surface area contributed by atoms with Gasteiger partial charge in [-0.05, 0) is 38.3 Å². The highest BCUT2D eigenvalue weighted by molar-refractivity contribution is 7.89. The summed E-state index contributed by atoms with van der Waals surface area (Å²) in [5.41, 5.74) is 2.82. The second-order valence-corrected chi connectivity index (χ2v) is 9.08. The van der Waals surface area contributed by atoms with Crippen LogP contribution in [0.2, 0.25) is 0 Å². The predicted molar refractivity (Wildman–Crippen MR) is 108 cm³/mol. The number of nitrogens with one attached hydrogen (secondary N) is 1. The minimum absolute atomic E-state index is 0.00464. The Labute approximate surface area is 159 Å². The third-order valence-electron chi connectivity index (χ3n) is 5.02. The van der Waals surface area contributed by atoms with E-state index in [1.165, 1.54) is 0 Å². The van der Waals surface area contributed by atoms with Crippen LogP contribution in [0.4, 0.5) is 5.82 Å². The van der Waals surface area contributed by atoms with Crippen molar-refractivity contribution in [1.82, 2.24) is 19.3 Å². The van der Waals surface area contributed by atoms with Gasteiger partial charge in [-0.1, -0.05) is 19.1 Å². The Morgan fingerprint density at radius 2 is 1.96 bits per heavy atom. The van der Waals surface area contributed by atoms with Crippen molar-refractivity contribution in [2.75, 3.05) is 23.7 Å². The average Bonchev–Trinajstić information content (AvgIpc) is 3.02. The molecule has 1 fully saturated rings. The molecule has 1 aromatic carbocycles. The topological polar surface area (TPSA) is 79.6 Å². The fourth-order valence-electron chi connectivity index (χ4n) is 3.79. The molecule has 0 aliphatic carbocycles. The van der Waals surface area contributed by atoms with Gasteiger partial charge in [-0.2, -0.15) is 5.10 Å². The Morgan fingerprint density at radius 1 is 1.22 bits per heavy atom. The van der Waals surface area contributed by atoms with Gasteiger partial charge in [0.2, 0.25) is 10.0 Å². The lowest BCUT2D eigenvalue weighted by atomic mass is 10.1. The Bertz CT molecular complexity index is 1070. The van der Waals surface area contributed by atoms with Crippen LogP contribution in [-0.4, -0.2) is 47.9 Å². The predicted octanol–water partition coefficient (Wildman–Crippen LogP) is 2.49. The normalized spacial score (nSPS) is 16.4. The third-order valence-corrected chi connectivity index (χ3v) is 6.66. The van der Waals surface area contributed by atoms with Crippen molar-refractivity contribution in [3.8, 4) is 0 Å². The van der Waals surface area contributed by atoms with Crippen LogP contribution in [0.3, 0.4) is 0 Å². The van der Waals surface area contributed by atoms with Gasteiger partial charge in [-0.25, -0.2) is 22.6 Å². The van der Waals surface area contributed by atoms with Gasteiger partial charge in [-0.3, -0.25) is 0 Å². The van der Waals surface area contributed by atoms with E-state index in [1.54, 1.807) is 0 Å². The minimum atomic E-state index is -3.17. The largest absolute Gasteiger partial charge is 0.356 e. The van der Waals surface area contributed by atoms with Crippen molar-refractivity contribution < 1.29 is 8.42 Å². The molecule has 2 aromatic heterocycles. The molecule has 0 spiro atoms. The summed E-state index contributed by atoms with van der Waals surface area (Å²) < 4.78 is 28.8. The van der Waals surface area contributed by atoms with Gasteiger partial charge >= 0.3 is 0 Å². The number of nitrogens with zero attached hydrogens (tertiary/aromatic N) is 4. The lowest BCUT2D eigenvalue weighted by molar-refractivity contribution is 0.459. The zero-order valence-electron chi connectivity index (χ0n) is 15.7. The molecule has 8 heteroatoms. The van der Waals surface area contributed by atoms with E-state index in [9.17, 15) is 8.42 Å². The van der Waals surface area contributed by atoms with Gasteiger partial charge in [0.05, 0.1) is 17.0 Å². The number of aromatic nitrogens is 3. The molecule has 7 nitrogen and oxygen atoms in total. The van der Waals surface area contributed by atoms with Crippen LogP contribution in [0.1, 0.15) is 31.9 Å². The maximum absolute atomic E-state index is 12.0. The van der Waals surface area contributed by atoms with Gasteiger partial charge < -0.3 is 4.90 Å². The summed E-state index contributed by atoms with van der Waals surface area (Å²) in [5.74, 6) is 1.14. The van der Waals surface area contributed by atoms with E-state index in [2.05, 4.69) is 26.9 Å². The number of fused-ring (bicyclic) bond motifs is 3. The van der Waals surface area contributed by atoms with Crippen molar-refractivity contribution in [2.24, 2.45) is 0 Å². The summed E-state index contributed by atoms with van der Waals surface area (Å²) >= 11 is 0. The lowest BCUT2D eigenvalue weighted by Gasteiger charge is -2.33. The van der Waals surface area contributed by atoms with Gasteiger partial charge in [0.15, 0.2) is 5.65 Å². The smallest absolute Gasteiger partial charge is 0.211 e. The number of rotatable bonds is 5. The molecule has 1 aliphatic rings. The highest BCUT2D eigenvalue weighted by Crippen LogP contribution is 2.28. The van der Waals surface area contributed by atoms with Crippen LogP contribution in [-0.2, 0) is 10.0 Å². The summed E-state index contributed by atoms with van der Waals surface area (Å²) in [6, 6.07) is 10.2. The number of anilines is 1. The first-order chi connectivity index (χ1) is 13.0. The SMILES string of the molecule is CCCS(=O)(=O)NC1CCN(c2nc3cc(C)nn3c3ccccc23)CC1.